The number of aliphatic carboxylic acids is 1. The summed E-state index contributed by atoms with van der Waals surface area (Å²) in [5.74, 6) is -1.49. The number of allylic oxidation sites excluding steroid dienone is 6. The summed E-state index contributed by atoms with van der Waals surface area (Å²) in [6.45, 7) is 4.71. The Morgan fingerprint density at radius 1 is 0.545 bits per heavy atom. The normalized spacial score (nSPS) is 13.3. The number of carbonyl (C=O) groups is 3. The Kier molecular flexibility index (Phi) is 36.7. The van der Waals surface area contributed by atoms with Gasteiger partial charge in [0.2, 0.25) is 0 Å². The highest BCUT2D eigenvalue weighted by Gasteiger charge is 2.31. The third-order valence-corrected chi connectivity index (χ3v) is 10.1. The number of ether oxygens (including phenoxy) is 3. The minimum absolute atomic E-state index is 0.0568. The van der Waals surface area contributed by atoms with Crippen LogP contribution in [-0.4, -0.2) is 80.6 Å². The lowest BCUT2D eigenvalue weighted by atomic mass is 10.0. The third-order valence-electron chi connectivity index (χ3n) is 10.1. The van der Waals surface area contributed by atoms with Gasteiger partial charge in [-0.25, -0.2) is 4.79 Å². The molecule has 320 valence electrons. The van der Waals surface area contributed by atoms with Gasteiger partial charge in [0.15, 0.2) is 12.1 Å². The van der Waals surface area contributed by atoms with Crippen molar-refractivity contribution in [3.05, 3.63) is 36.5 Å². The molecule has 2 unspecified atom stereocenters. The molecule has 0 saturated heterocycles. The molecule has 0 aromatic heterocycles. The molecule has 0 rings (SSSR count). The van der Waals surface area contributed by atoms with Crippen molar-refractivity contribution in [3.8, 4) is 0 Å². The van der Waals surface area contributed by atoms with Gasteiger partial charge in [-0.05, 0) is 38.5 Å². The molecular formula is C47H86NO7+. The number of nitrogens with zero attached hydrogens (tertiary/aromatic N) is 1. The van der Waals surface area contributed by atoms with Crippen molar-refractivity contribution in [1.29, 1.82) is 0 Å². The standard InChI is InChI=1S/C47H85NO7/c1-6-8-10-12-14-16-18-20-21-22-23-24-26-27-29-31-33-35-37-45(49)54-42-43(41-53-40-39-44(47(51)52)48(3,4)5)55-46(50)38-36-34-32-30-28-25-19-17-15-13-11-9-7-2/h18,20-24,43-44H,6-17,19,25-42H2,1-5H3/p+1/b20-18+,22-21+,24-23+. The van der Waals surface area contributed by atoms with Crippen LogP contribution < -0.4 is 0 Å². The summed E-state index contributed by atoms with van der Waals surface area (Å²) in [6.07, 6.45) is 43.2. The minimum atomic E-state index is -0.877. The number of carboxylic acid groups (broad SMARTS) is 1. The average Bonchev–Trinajstić information content (AvgIpc) is 3.14. The number of hydrogen-bond acceptors (Lipinski definition) is 6. The summed E-state index contributed by atoms with van der Waals surface area (Å²) in [5.41, 5.74) is 0. The molecule has 0 amide bonds. The molecule has 0 spiro atoms. The van der Waals surface area contributed by atoms with E-state index in [4.69, 9.17) is 14.2 Å². The zero-order chi connectivity index (χ0) is 40.7. The van der Waals surface area contributed by atoms with Gasteiger partial charge in [-0.2, -0.15) is 0 Å². The molecule has 0 aliphatic carbocycles. The number of esters is 2. The van der Waals surface area contributed by atoms with Crippen molar-refractivity contribution in [2.45, 2.75) is 206 Å². The van der Waals surface area contributed by atoms with Crippen molar-refractivity contribution in [1.82, 2.24) is 0 Å². The molecule has 8 nitrogen and oxygen atoms in total. The molecule has 8 heteroatoms. The molecule has 0 aromatic carbocycles. The van der Waals surface area contributed by atoms with Crippen molar-refractivity contribution < 1.29 is 38.2 Å². The lowest BCUT2D eigenvalue weighted by Gasteiger charge is -2.31. The van der Waals surface area contributed by atoms with Crippen molar-refractivity contribution in [3.63, 3.8) is 0 Å². The van der Waals surface area contributed by atoms with E-state index in [1.165, 1.54) is 96.3 Å². The highest BCUT2D eigenvalue weighted by atomic mass is 16.6. The predicted molar refractivity (Wildman–Crippen MR) is 229 cm³/mol. The monoisotopic (exact) mass is 777 g/mol. The first-order chi connectivity index (χ1) is 26.6. The maximum absolute atomic E-state index is 12.7. The van der Waals surface area contributed by atoms with Gasteiger partial charge < -0.3 is 23.8 Å². The molecule has 0 radical (unpaired) electrons. The lowest BCUT2D eigenvalue weighted by molar-refractivity contribution is -0.887. The lowest BCUT2D eigenvalue weighted by Crippen LogP contribution is -2.50. The van der Waals surface area contributed by atoms with Crippen LogP contribution in [0.1, 0.15) is 194 Å². The van der Waals surface area contributed by atoms with Gasteiger partial charge in [-0.3, -0.25) is 9.59 Å². The SMILES string of the molecule is CCCCCCC/C=C/C=C/C=C/CCCCCCCC(=O)OCC(COCCC(C(=O)O)[N+](C)(C)C)OC(=O)CCCCCCCCCCCCCCC. The quantitative estimate of drug-likeness (QED) is 0.0286. The number of carbonyl (C=O) groups excluding carboxylic acids is 2. The number of likely N-dealkylation sites (N-methyl/N-ethyl adjacent to an activating group) is 1. The van der Waals surface area contributed by atoms with E-state index in [0.717, 1.165) is 64.2 Å². The topological polar surface area (TPSA) is 99.1 Å². The van der Waals surface area contributed by atoms with Gasteiger partial charge >= 0.3 is 17.9 Å². The molecule has 0 fully saturated rings. The Morgan fingerprint density at radius 3 is 1.40 bits per heavy atom. The summed E-state index contributed by atoms with van der Waals surface area (Å²) < 4.78 is 17.3. The summed E-state index contributed by atoms with van der Waals surface area (Å²) in [7, 11) is 5.52. The smallest absolute Gasteiger partial charge is 0.362 e. The van der Waals surface area contributed by atoms with E-state index in [0.29, 0.717) is 19.3 Å². The Hall–Kier alpha value is -2.45. The fraction of sp³-hybridized carbons (Fsp3) is 0.809. The van der Waals surface area contributed by atoms with E-state index in [9.17, 15) is 19.5 Å². The molecule has 55 heavy (non-hydrogen) atoms. The van der Waals surface area contributed by atoms with Crippen LogP contribution in [0.3, 0.4) is 0 Å². The van der Waals surface area contributed by atoms with Crippen LogP contribution in [0.2, 0.25) is 0 Å². The predicted octanol–water partition coefficient (Wildman–Crippen LogP) is 12.2. The van der Waals surface area contributed by atoms with E-state index in [2.05, 4.69) is 50.3 Å². The zero-order valence-electron chi connectivity index (χ0n) is 36.4. The summed E-state index contributed by atoms with van der Waals surface area (Å²) >= 11 is 0. The second kappa shape index (κ2) is 38.4. The van der Waals surface area contributed by atoms with Crippen LogP contribution in [-0.2, 0) is 28.6 Å². The molecule has 0 aliphatic heterocycles. The number of carboxylic acids is 1. The Morgan fingerprint density at radius 2 is 0.964 bits per heavy atom. The van der Waals surface area contributed by atoms with Crippen molar-refractivity contribution in [2.24, 2.45) is 0 Å². The maximum Gasteiger partial charge on any atom is 0.362 e. The van der Waals surface area contributed by atoms with Crippen LogP contribution in [0.15, 0.2) is 36.5 Å². The van der Waals surface area contributed by atoms with Crippen LogP contribution in [0, 0.1) is 0 Å². The van der Waals surface area contributed by atoms with E-state index < -0.39 is 18.1 Å². The molecule has 0 bridgehead atoms. The number of rotatable bonds is 40. The van der Waals surface area contributed by atoms with Crippen LogP contribution in [0.4, 0.5) is 0 Å². The van der Waals surface area contributed by atoms with Crippen molar-refractivity contribution in [2.75, 3.05) is 41.0 Å². The zero-order valence-corrected chi connectivity index (χ0v) is 36.4. The number of unbranched alkanes of at least 4 members (excludes halogenated alkanes) is 22. The number of hydrogen-bond donors (Lipinski definition) is 1. The average molecular weight is 777 g/mol. The highest BCUT2D eigenvalue weighted by Crippen LogP contribution is 2.15. The van der Waals surface area contributed by atoms with Crippen LogP contribution >= 0.6 is 0 Å². The number of quaternary nitrogens is 1. The molecule has 0 saturated carbocycles. The maximum atomic E-state index is 12.7. The van der Waals surface area contributed by atoms with Gasteiger partial charge in [0, 0.05) is 19.3 Å². The van der Waals surface area contributed by atoms with Gasteiger partial charge in [-0.1, -0.05) is 172 Å². The first-order valence-corrected chi connectivity index (χ1v) is 22.6. The second-order valence-corrected chi connectivity index (χ2v) is 16.4. The van der Waals surface area contributed by atoms with Crippen molar-refractivity contribution >= 4 is 17.9 Å². The van der Waals surface area contributed by atoms with Crippen LogP contribution in [0.5, 0.6) is 0 Å². The van der Waals surface area contributed by atoms with Gasteiger partial charge in [0.1, 0.15) is 6.61 Å². The summed E-state index contributed by atoms with van der Waals surface area (Å²) in [4.78, 5) is 37.0. The van der Waals surface area contributed by atoms with E-state index in [-0.39, 0.29) is 36.2 Å². The third kappa shape index (κ3) is 36.9. The van der Waals surface area contributed by atoms with E-state index in [1.807, 2.05) is 21.1 Å². The molecule has 0 aliphatic rings. The Bertz CT molecular complexity index is 1000. The fourth-order valence-electron chi connectivity index (χ4n) is 6.56. The molecule has 0 heterocycles. The minimum Gasteiger partial charge on any atom is -0.477 e. The Labute approximate surface area is 338 Å². The van der Waals surface area contributed by atoms with Crippen LogP contribution in [0.25, 0.3) is 0 Å². The van der Waals surface area contributed by atoms with Gasteiger partial charge in [0.05, 0.1) is 34.4 Å². The molecular weight excluding hydrogens is 691 g/mol. The van der Waals surface area contributed by atoms with E-state index >= 15 is 0 Å². The fourth-order valence-corrected chi connectivity index (χ4v) is 6.56. The Balaban J connectivity index is 4.36. The molecule has 2 atom stereocenters. The first-order valence-electron chi connectivity index (χ1n) is 22.6. The van der Waals surface area contributed by atoms with Gasteiger partial charge in [0.25, 0.3) is 0 Å². The summed E-state index contributed by atoms with van der Waals surface area (Å²) in [5, 5.41) is 9.61. The van der Waals surface area contributed by atoms with E-state index in [1.54, 1.807) is 0 Å². The van der Waals surface area contributed by atoms with Gasteiger partial charge in [-0.15, -0.1) is 0 Å². The largest absolute Gasteiger partial charge is 0.477 e. The highest BCUT2D eigenvalue weighted by molar-refractivity contribution is 5.72. The summed E-state index contributed by atoms with van der Waals surface area (Å²) in [6, 6.07) is -0.616. The first kappa shape index (κ1) is 52.6. The second-order valence-electron chi connectivity index (χ2n) is 16.4. The molecule has 1 N–H and O–H groups in total. The molecule has 0 aromatic rings.